The number of benzene rings is 6. The highest BCUT2D eigenvalue weighted by Gasteiger charge is 2.19. The molecule has 0 saturated heterocycles. The van der Waals surface area contributed by atoms with Crippen molar-refractivity contribution in [1.29, 1.82) is 0 Å². The van der Waals surface area contributed by atoms with Gasteiger partial charge in [-0.05, 0) is 101 Å². The molecule has 0 radical (unpaired) electrons. The zero-order valence-electron chi connectivity index (χ0n) is 29.6. The van der Waals surface area contributed by atoms with Crippen LogP contribution in [0.15, 0.2) is 177 Å². The van der Waals surface area contributed by atoms with Gasteiger partial charge in [-0.3, -0.25) is 0 Å². The summed E-state index contributed by atoms with van der Waals surface area (Å²) in [5.74, 6) is 0. The van der Waals surface area contributed by atoms with E-state index in [0.29, 0.717) is 0 Å². The maximum absolute atomic E-state index is 4.31. The smallest absolute Gasteiger partial charge is 0.0533 e. The van der Waals surface area contributed by atoms with Gasteiger partial charge in [0.1, 0.15) is 0 Å². The fraction of sp³-hybridized carbons (Fsp3) is 0.0612. The first-order valence-corrected chi connectivity index (χ1v) is 17.4. The van der Waals surface area contributed by atoms with Gasteiger partial charge in [0, 0.05) is 39.2 Å². The molecule has 0 amide bonds. The van der Waals surface area contributed by atoms with Gasteiger partial charge in [-0.25, -0.2) is 0 Å². The third kappa shape index (κ3) is 7.46. The summed E-state index contributed by atoms with van der Waals surface area (Å²) in [6.45, 7) is 20.8. The molecule has 2 heteroatoms. The highest BCUT2D eigenvalue weighted by molar-refractivity contribution is 5.90. The molecule has 0 N–H and O–H groups in total. The van der Waals surface area contributed by atoms with Gasteiger partial charge in [0.2, 0.25) is 0 Å². The first-order valence-electron chi connectivity index (χ1n) is 17.4. The Morgan fingerprint density at radius 1 is 0.549 bits per heavy atom. The van der Waals surface area contributed by atoms with E-state index in [0.717, 1.165) is 67.6 Å². The second-order valence-electron chi connectivity index (χ2n) is 12.4. The molecule has 0 heterocycles. The first-order chi connectivity index (χ1) is 24.9. The van der Waals surface area contributed by atoms with Crippen LogP contribution in [-0.4, -0.2) is 0 Å². The Hall–Kier alpha value is -6.38. The Labute approximate surface area is 303 Å². The number of anilines is 4. The van der Waals surface area contributed by atoms with E-state index >= 15 is 0 Å². The van der Waals surface area contributed by atoms with Crippen LogP contribution in [0.25, 0.3) is 41.3 Å². The van der Waals surface area contributed by atoms with Crippen LogP contribution in [-0.2, 0) is 0 Å². The van der Waals surface area contributed by atoms with Crippen molar-refractivity contribution < 1.29 is 0 Å². The van der Waals surface area contributed by atoms with Crippen molar-refractivity contribution in [3.05, 3.63) is 210 Å². The molecule has 0 aromatic heterocycles. The second-order valence-corrected chi connectivity index (χ2v) is 12.4. The highest BCUT2D eigenvalue weighted by Crippen LogP contribution is 2.38. The molecular formula is C49H44N2. The van der Waals surface area contributed by atoms with Crippen LogP contribution in [0.5, 0.6) is 0 Å². The summed E-state index contributed by atoms with van der Waals surface area (Å²) in [5, 5.41) is 1.98. The fourth-order valence-electron chi connectivity index (χ4n) is 6.45. The molecule has 0 fully saturated rings. The monoisotopic (exact) mass is 660 g/mol. The molecule has 0 spiro atoms. The largest absolute Gasteiger partial charge is 0.310 e. The fourth-order valence-corrected chi connectivity index (χ4v) is 6.45. The molecule has 250 valence electrons. The Bertz CT molecular complexity index is 2290. The van der Waals surface area contributed by atoms with Crippen molar-refractivity contribution in [2.45, 2.75) is 20.3 Å². The molecule has 0 aliphatic carbocycles. The average molecular weight is 661 g/mol. The lowest BCUT2D eigenvalue weighted by molar-refractivity contribution is 1.19. The van der Waals surface area contributed by atoms with Gasteiger partial charge >= 0.3 is 0 Å². The van der Waals surface area contributed by atoms with Gasteiger partial charge in [0.05, 0.1) is 5.70 Å². The van der Waals surface area contributed by atoms with E-state index in [1.165, 1.54) is 16.8 Å². The van der Waals surface area contributed by atoms with Crippen molar-refractivity contribution >= 4 is 52.9 Å². The molecule has 6 aromatic rings. The van der Waals surface area contributed by atoms with Crippen molar-refractivity contribution in [2.75, 3.05) is 9.80 Å². The number of aryl methyl sites for hydroxylation is 1. The summed E-state index contributed by atoms with van der Waals surface area (Å²) >= 11 is 0. The lowest BCUT2D eigenvalue weighted by Gasteiger charge is -2.29. The van der Waals surface area contributed by atoms with Crippen LogP contribution >= 0.6 is 0 Å². The third-order valence-electron chi connectivity index (χ3n) is 9.15. The quantitative estimate of drug-likeness (QED) is 0.129. The molecule has 51 heavy (non-hydrogen) atoms. The van der Waals surface area contributed by atoms with Crippen LogP contribution in [0.4, 0.5) is 22.7 Å². The van der Waals surface area contributed by atoms with Crippen LogP contribution in [0.2, 0.25) is 0 Å². The Kier molecular flexibility index (Phi) is 10.7. The van der Waals surface area contributed by atoms with Gasteiger partial charge in [-0.1, -0.05) is 149 Å². The van der Waals surface area contributed by atoms with E-state index in [9.17, 15) is 0 Å². The van der Waals surface area contributed by atoms with Gasteiger partial charge in [0.25, 0.3) is 0 Å². The molecule has 2 nitrogen and oxygen atoms in total. The molecule has 0 atom stereocenters. The molecule has 0 unspecified atom stereocenters. The number of hydrogen-bond donors (Lipinski definition) is 0. The normalized spacial score (nSPS) is 11.8. The zero-order chi connectivity index (χ0) is 35.7. The van der Waals surface area contributed by atoms with E-state index in [1.807, 2.05) is 36.4 Å². The molecule has 0 aliphatic heterocycles. The lowest BCUT2D eigenvalue weighted by atomic mass is 10.0. The molecule has 0 bridgehead atoms. The summed E-state index contributed by atoms with van der Waals surface area (Å²) in [7, 11) is 0. The van der Waals surface area contributed by atoms with Gasteiger partial charge < -0.3 is 9.80 Å². The molecule has 6 rings (SSSR count). The average Bonchev–Trinajstić information content (AvgIpc) is 3.18. The summed E-state index contributed by atoms with van der Waals surface area (Å²) in [4.78, 5) is 4.59. The van der Waals surface area contributed by atoms with E-state index in [2.05, 4.69) is 183 Å². The number of nitrogens with zero attached hydrogens (tertiary/aromatic N) is 2. The maximum atomic E-state index is 4.31. The van der Waals surface area contributed by atoms with E-state index in [1.54, 1.807) is 0 Å². The summed E-state index contributed by atoms with van der Waals surface area (Å²) in [6, 6.07) is 51.3. The lowest BCUT2D eigenvalue weighted by Crippen LogP contribution is -2.31. The predicted molar refractivity (Wildman–Crippen MR) is 223 cm³/mol. The van der Waals surface area contributed by atoms with Crippen LogP contribution < -0.4 is 20.2 Å². The number of allylic oxidation sites excluding steroid dienone is 1. The standard InChI is InChI=1S/C49H44N2/c1-7-15-49(47-19-14-12-17-37(47)6)51(43-30-22-39(9-3)23-31-43)45-34-26-41(27-35-45)40-24-32-44(33-25-40)50(42-28-20-38(8-2)21-29-42)48(10-4)46-18-13-11-16-36(46)5/h8-35H,2-5,7H2,1,6H3/b48-46+,49-15+. The molecule has 6 aromatic carbocycles. The van der Waals surface area contributed by atoms with Crippen molar-refractivity contribution in [1.82, 2.24) is 0 Å². The molecule has 0 aliphatic rings. The minimum absolute atomic E-state index is 0.913. The zero-order valence-corrected chi connectivity index (χ0v) is 29.6. The predicted octanol–water partition coefficient (Wildman–Crippen LogP) is 12.1. The minimum Gasteiger partial charge on any atom is -0.310 e. The summed E-state index contributed by atoms with van der Waals surface area (Å²) in [6.07, 6.45) is 8.88. The Morgan fingerprint density at radius 3 is 1.45 bits per heavy atom. The van der Waals surface area contributed by atoms with Crippen LogP contribution in [0, 0.1) is 6.92 Å². The second kappa shape index (κ2) is 15.9. The summed E-state index contributed by atoms with van der Waals surface area (Å²) in [5.41, 5.74) is 13.3. The van der Waals surface area contributed by atoms with Crippen LogP contribution in [0.3, 0.4) is 0 Å². The topological polar surface area (TPSA) is 6.48 Å². The van der Waals surface area contributed by atoms with E-state index in [-0.39, 0.29) is 0 Å². The van der Waals surface area contributed by atoms with Gasteiger partial charge in [-0.15, -0.1) is 0 Å². The van der Waals surface area contributed by atoms with Crippen LogP contribution in [0.1, 0.15) is 35.6 Å². The Morgan fingerprint density at radius 2 is 1.00 bits per heavy atom. The molecule has 0 saturated carbocycles. The minimum atomic E-state index is 0.913. The SMILES string of the molecule is C=C/C(=c1/ccccc1=C)N(c1ccc(C=C)cc1)c1ccc(-c2ccc(N(/C(=C/CC)c3ccccc3C)c3ccc(C=C)cc3)cc2)cc1. The van der Waals surface area contributed by atoms with Crippen molar-refractivity contribution in [2.24, 2.45) is 0 Å². The maximum Gasteiger partial charge on any atom is 0.0533 e. The highest BCUT2D eigenvalue weighted by atomic mass is 15.2. The Balaban J connectivity index is 1.40. The third-order valence-corrected chi connectivity index (χ3v) is 9.15. The van der Waals surface area contributed by atoms with E-state index < -0.39 is 0 Å². The van der Waals surface area contributed by atoms with Gasteiger partial charge in [0.15, 0.2) is 0 Å². The number of rotatable bonds is 12. The van der Waals surface area contributed by atoms with Gasteiger partial charge in [-0.2, -0.15) is 0 Å². The van der Waals surface area contributed by atoms with Crippen molar-refractivity contribution in [3.8, 4) is 11.1 Å². The van der Waals surface area contributed by atoms with E-state index in [4.69, 9.17) is 0 Å². The first kappa shape index (κ1) is 34.5. The van der Waals surface area contributed by atoms with Crippen molar-refractivity contribution in [3.63, 3.8) is 0 Å². The molecular weight excluding hydrogens is 617 g/mol. The summed E-state index contributed by atoms with van der Waals surface area (Å²) < 4.78 is 0. The number of hydrogen-bond acceptors (Lipinski definition) is 2.